The number of benzene rings is 1. The van der Waals surface area contributed by atoms with E-state index in [1.807, 2.05) is 40.9 Å². The fourth-order valence-corrected chi connectivity index (χ4v) is 2.93. The molecule has 0 spiro atoms. The van der Waals surface area contributed by atoms with Gasteiger partial charge in [0.25, 0.3) is 0 Å². The molecule has 0 bridgehead atoms. The van der Waals surface area contributed by atoms with Gasteiger partial charge in [-0.25, -0.2) is 4.98 Å². The molecule has 0 aliphatic carbocycles. The molecule has 0 saturated heterocycles. The number of anilines is 2. The molecule has 0 radical (unpaired) electrons. The molecular formula is C19H15BrN4. The van der Waals surface area contributed by atoms with Crippen LogP contribution in [0.25, 0.3) is 17.0 Å². The van der Waals surface area contributed by atoms with E-state index in [-0.39, 0.29) is 0 Å². The van der Waals surface area contributed by atoms with Crippen LogP contribution in [0, 0.1) is 6.92 Å². The Morgan fingerprint density at radius 1 is 1.00 bits per heavy atom. The van der Waals surface area contributed by atoms with Crippen molar-refractivity contribution in [2.75, 3.05) is 5.32 Å². The molecule has 0 atom stereocenters. The minimum absolute atomic E-state index is 0.828. The van der Waals surface area contributed by atoms with E-state index >= 15 is 0 Å². The molecule has 1 N–H and O–H groups in total. The van der Waals surface area contributed by atoms with Gasteiger partial charge < -0.3 is 5.32 Å². The van der Waals surface area contributed by atoms with Crippen molar-refractivity contribution in [2.24, 2.45) is 0 Å². The Kier molecular flexibility index (Phi) is 3.78. The minimum atomic E-state index is 0.828. The Morgan fingerprint density at radius 2 is 1.83 bits per heavy atom. The van der Waals surface area contributed by atoms with Gasteiger partial charge in [-0.3, -0.25) is 9.38 Å². The van der Waals surface area contributed by atoms with E-state index in [4.69, 9.17) is 4.98 Å². The summed E-state index contributed by atoms with van der Waals surface area (Å²) in [6.45, 7) is 2.08. The Morgan fingerprint density at radius 3 is 2.58 bits per heavy atom. The lowest BCUT2D eigenvalue weighted by Crippen LogP contribution is -1.97. The second kappa shape index (κ2) is 6.09. The minimum Gasteiger partial charge on any atom is -0.339 e. The third-order valence-corrected chi connectivity index (χ3v) is 4.27. The number of nitrogens with zero attached hydrogens (tertiary/aromatic N) is 3. The van der Waals surface area contributed by atoms with E-state index in [9.17, 15) is 0 Å². The van der Waals surface area contributed by atoms with Crippen molar-refractivity contribution in [3.05, 3.63) is 77.0 Å². The maximum absolute atomic E-state index is 4.75. The van der Waals surface area contributed by atoms with Crippen LogP contribution in [0.2, 0.25) is 0 Å². The quantitative estimate of drug-likeness (QED) is 0.531. The number of rotatable bonds is 3. The summed E-state index contributed by atoms with van der Waals surface area (Å²) >= 11 is 3.54. The lowest BCUT2D eigenvalue weighted by Gasteiger charge is -2.09. The molecule has 3 heterocycles. The van der Waals surface area contributed by atoms with Crippen molar-refractivity contribution in [3.8, 4) is 11.4 Å². The second-order valence-electron chi connectivity index (χ2n) is 5.59. The van der Waals surface area contributed by atoms with Crippen LogP contribution in [0.4, 0.5) is 11.5 Å². The molecule has 1 aromatic carbocycles. The normalized spacial score (nSPS) is 10.9. The fourth-order valence-electron chi connectivity index (χ4n) is 2.59. The molecular weight excluding hydrogens is 364 g/mol. The third-order valence-electron chi connectivity index (χ3n) is 3.80. The largest absolute Gasteiger partial charge is 0.339 e. The first-order valence-electron chi connectivity index (χ1n) is 7.63. The zero-order valence-corrected chi connectivity index (χ0v) is 14.7. The number of aromatic nitrogens is 3. The Bertz CT molecular complexity index is 991. The number of nitrogens with one attached hydrogen (secondary N) is 1. The number of fused-ring (bicyclic) bond motifs is 1. The summed E-state index contributed by atoms with van der Waals surface area (Å²) in [6.07, 6.45) is 3.79. The van der Waals surface area contributed by atoms with Gasteiger partial charge in [0.1, 0.15) is 17.2 Å². The molecule has 3 aromatic heterocycles. The highest BCUT2D eigenvalue weighted by molar-refractivity contribution is 9.10. The van der Waals surface area contributed by atoms with Crippen molar-refractivity contribution < 1.29 is 0 Å². The van der Waals surface area contributed by atoms with Crippen molar-refractivity contribution in [1.29, 1.82) is 0 Å². The van der Waals surface area contributed by atoms with Gasteiger partial charge in [0.05, 0.1) is 5.69 Å². The maximum Gasteiger partial charge on any atom is 0.144 e. The first-order valence-corrected chi connectivity index (χ1v) is 8.43. The lowest BCUT2D eigenvalue weighted by atomic mass is 10.2. The van der Waals surface area contributed by atoms with E-state index < -0.39 is 0 Å². The summed E-state index contributed by atoms with van der Waals surface area (Å²) in [7, 11) is 0. The van der Waals surface area contributed by atoms with Gasteiger partial charge in [0.15, 0.2) is 0 Å². The molecule has 0 fully saturated rings. The highest BCUT2D eigenvalue weighted by atomic mass is 79.9. The summed E-state index contributed by atoms with van der Waals surface area (Å²) in [4.78, 5) is 9.21. The Hall–Kier alpha value is -2.66. The van der Waals surface area contributed by atoms with E-state index in [0.717, 1.165) is 33.0 Å². The van der Waals surface area contributed by atoms with Crippen LogP contribution >= 0.6 is 15.9 Å². The van der Waals surface area contributed by atoms with Gasteiger partial charge in [0, 0.05) is 22.6 Å². The molecule has 4 aromatic rings. The summed E-state index contributed by atoms with van der Waals surface area (Å²) < 4.78 is 3.03. The molecule has 0 amide bonds. The van der Waals surface area contributed by atoms with Crippen molar-refractivity contribution in [1.82, 2.24) is 14.4 Å². The first-order chi connectivity index (χ1) is 11.7. The topological polar surface area (TPSA) is 42.2 Å². The van der Waals surface area contributed by atoms with Gasteiger partial charge >= 0.3 is 0 Å². The van der Waals surface area contributed by atoms with Crippen molar-refractivity contribution >= 4 is 33.1 Å². The summed E-state index contributed by atoms with van der Waals surface area (Å²) in [5, 5.41) is 3.49. The lowest BCUT2D eigenvalue weighted by molar-refractivity contribution is 1.17. The fraction of sp³-hybridized carbons (Fsp3) is 0.0526. The highest BCUT2D eigenvalue weighted by Crippen LogP contribution is 2.30. The maximum atomic E-state index is 4.75. The monoisotopic (exact) mass is 378 g/mol. The van der Waals surface area contributed by atoms with Gasteiger partial charge in [-0.2, -0.15) is 0 Å². The average Bonchev–Trinajstić information content (AvgIpc) is 2.95. The number of hydrogen-bond acceptors (Lipinski definition) is 3. The SMILES string of the molecule is Cc1ccc(Nc2c(-c3ccccn3)nc3ccc(Br)cn23)cc1. The van der Waals surface area contributed by atoms with Gasteiger partial charge in [-0.05, 0) is 59.3 Å². The van der Waals surface area contributed by atoms with Crippen LogP contribution in [0.3, 0.4) is 0 Å². The van der Waals surface area contributed by atoms with Crippen LogP contribution in [0.5, 0.6) is 0 Å². The number of hydrogen-bond donors (Lipinski definition) is 1. The van der Waals surface area contributed by atoms with Gasteiger partial charge in [-0.15, -0.1) is 0 Å². The van der Waals surface area contributed by atoms with Crippen LogP contribution in [-0.4, -0.2) is 14.4 Å². The summed E-state index contributed by atoms with van der Waals surface area (Å²) in [5.41, 5.74) is 4.78. The van der Waals surface area contributed by atoms with Crippen LogP contribution < -0.4 is 5.32 Å². The smallest absolute Gasteiger partial charge is 0.144 e. The van der Waals surface area contributed by atoms with Crippen LogP contribution in [0.15, 0.2) is 71.5 Å². The third kappa shape index (κ3) is 2.78. The molecule has 24 heavy (non-hydrogen) atoms. The molecule has 118 valence electrons. The number of imidazole rings is 1. The van der Waals surface area contributed by atoms with Gasteiger partial charge in [0.2, 0.25) is 0 Å². The number of pyridine rings is 2. The summed E-state index contributed by atoms with van der Waals surface area (Å²) in [5.74, 6) is 0.897. The number of halogens is 1. The van der Waals surface area contributed by atoms with Crippen molar-refractivity contribution in [3.63, 3.8) is 0 Å². The van der Waals surface area contributed by atoms with Crippen molar-refractivity contribution in [2.45, 2.75) is 6.92 Å². The number of aryl methyl sites for hydroxylation is 1. The Labute approximate surface area is 148 Å². The molecule has 0 unspecified atom stereocenters. The van der Waals surface area contributed by atoms with E-state index in [0.29, 0.717) is 0 Å². The molecule has 4 nitrogen and oxygen atoms in total. The zero-order valence-electron chi connectivity index (χ0n) is 13.1. The predicted molar refractivity (Wildman–Crippen MR) is 101 cm³/mol. The molecule has 0 aliphatic heterocycles. The van der Waals surface area contributed by atoms with Gasteiger partial charge in [-0.1, -0.05) is 23.8 Å². The standard InChI is InChI=1S/C19H15BrN4/c1-13-5-8-15(9-6-13)22-19-18(16-4-2-3-11-21-16)23-17-10-7-14(20)12-24(17)19/h2-12,22H,1H3. The zero-order chi connectivity index (χ0) is 16.5. The second-order valence-corrected chi connectivity index (χ2v) is 6.51. The average molecular weight is 379 g/mol. The summed E-state index contributed by atoms with van der Waals surface area (Å²) in [6, 6.07) is 18.1. The molecule has 5 heteroatoms. The van der Waals surface area contributed by atoms with Crippen LogP contribution in [0.1, 0.15) is 5.56 Å². The molecule has 0 saturated carbocycles. The van der Waals surface area contributed by atoms with Crippen LogP contribution in [-0.2, 0) is 0 Å². The van der Waals surface area contributed by atoms with E-state index in [1.54, 1.807) is 6.20 Å². The Balaban J connectivity index is 1.90. The van der Waals surface area contributed by atoms with E-state index in [1.165, 1.54) is 5.56 Å². The highest BCUT2D eigenvalue weighted by Gasteiger charge is 2.15. The first kappa shape index (κ1) is 14.9. The molecule has 0 aliphatic rings. The van der Waals surface area contributed by atoms with E-state index in [2.05, 4.69) is 57.4 Å². The molecule has 4 rings (SSSR count). The predicted octanol–water partition coefficient (Wildman–Crippen LogP) is 5.21.